The van der Waals surface area contributed by atoms with Gasteiger partial charge in [-0.3, -0.25) is 0 Å². The Morgan fingerprint density at radius 1 is 1.18 bits per heavy atom. The molecule has 1 N–H and O–H groups in total. The molecule has 0 radical (unpaired) electrons. The van der Waals surface area contributed by atoms with E-state index >= 15 is 0 Å². The summed E-state index contributed by atoms with van der Waals surface area (Å²) in [6, 6.07) is 0. The molecule has 1 fully saturated rings. The van der Waals surface area contributed by atoms with Crippen LogP contribution >= 0.6 is 0 Å². The Balaban J connectivity index is 2.37. The van der Waals surface area contributed by atoms with Gasteiger partial charge in [-0.15, -0.1) is 0 Å². The van der Waals surface area contributed by atoms with Crippen LogP contribution in [0, 0.1) is 17.8 Å². The highest BCUT2D eigenvalue weighted by atomic mass is 16.3. The van der Waals surface area contributed by atoms with Crippen molar-refractivity contribution in [1.82, 2.24) is 0 Å². The fraction of sp³-hybridized carbons (Fsp3) is 1.00. The van der Waals surface area contributed by atoms with E-state index in [2.05, 4.69) is 13.8 Å². The van der Waals surface area contributed by atoms with Crippen molar-refractivity contribution in [2.45, 2.75) is 39.5 Å². The zero-order valence-electron chi connectivity index (χ0n) is 7.71. The highest BCUT2D eigenvalue weighted by Crippen LogP contribution is 2.34. The van der Waals surface area contributed by atoms with Crippen LogP contribution in [0.15, 0.2) is 0 Å². The summed E-state index contributed by atoms with van der Waals surface area (Å²) in [5, 5.41) is 9.02. The molecule has 1 aliphatic carbocycles. The van der Waals surface area contributed by atoms with Crippen molar-refractivity contribution < 1.29 is 5.11 Å². The summed E-state index contributed by atoms with van der Waals surface area (Å²) >= 11 is 0. The van der Waals surface area contributed by atoms with Crippen LogP contribution in [0.2, 0.25) is 0 Å². The van der Waals surface area contributed by atoms with Gasteiger partial charge in [-0.2, -0.15) is 0 Å². The molecule has 0 aromatic rings. The molecule has 1 rings (SSSR count). The fourth-order valence-corrected chi connectivity index (χ4v) is 2.38. The van der Waals surface area contributed by atoms with Crippen molar-refractivity contribution >= 4 is 0 Å². The van der Waals surface area contributed by atoms with Gasteiger partial charge < -0.3 is 5.11 Å². The van der Waals surface area contributed by atoms with Crippen LogP contribution in [-0.4, -0.2) is 11.7 Å². The third-order valence-electron chi connectivity index (χ3n) is 2.97. The van der Waals surface area contributed by atoms with Crippen LogP contribution in [-0.2, 0) is 0 Å². The summed E-state index contributed by atoms with van der Waals surface area (Å²) in [6.07, 6.45) is 5.18. The van der Waals surface area contributed by atoms with Gasteiger partial charge in [0.05, 0.1) is 0 Å². The summed E-state index contributed by atoms with van der Waals surface area (Å²) < 4.78 is 0. The van der Waals surface area contributed by atoms with E-state index in [1.54, 1.807) is 0 Å². The first kappa shape index (κ1) is 9.05. The van der Waals surface area contributed by atoms with E-state index in [0.717, 1.165) is 11.8 Å². The summed E-state index contributed by atoms with van der Waals surface area (Å²) in [4.78, 5) is 0. The predicted molar refractivity (Wildman–Crippen MR) is 47.4 cm³/mol. The number of rotatable bonds is 2. The molecule has 1 aliphatic rings. The predicted octanol–water partition coefficient (Wildman–Crippen LogP) is 2.44. The minimum atomic E-state index is 0.404. The maximum Gasteiger partial charge on any atom is 0.0459 e. The van der Waals surface area contributed by atoms with E-state index in [-0.39, 0.29) is 0 Å². The normalized spacial score (nSPS) is 39.0. The van der Waals surface area contributed by atoms with Gasteiger partial charge in [0.1, 0.15) is 0 Å². The molecular formula is C10H20O. The average Bonchev–Trinajstić information content (AvgIpc) is 2.03. The van der Waals surface area contributed by atoms with Crippen LogP contribution in [0.25, 0.3) is 0 Å². The molecule has 0 aromatic heterocycles. The maximum absolute atomic E-state index is 9.02. The van der Waals surface area contributed by atoms with Crippen molar-refractivity contribution in [2.24, 2.45) is 17.8 Å². The van der Waals surface area contributed by atoms with Crippen LogP contribution in [0.5, 0.6) is 0 Å². The molecule has 0 aliphatic heterocycles. The van der Waals surface area contributed by atoms with Gasteiger partial charge in [0.2, 0.25) is 0 Å². The van der Waals surface area contributed by atoms with E-state index in [9.17, 15) is 0 Å². The van der Waals surface area contributed by atoms with Gasteiger partial charge in [0.25, 0.3) is 0 Å². The lowest BCUT2D eigenvalue weighted by Gasteiger charge is -2.31. The zero-order chi connectivity index (χ0) is 8.27. The Hall–Kier alpha value is -0.0400. The molecular weight excluding hydrogens is 136 g/mol. The Bertz CT molecular complexity index is 99.4. The SMILES string of the molecule is CC[C@@H]1C[C@@H](C)C[C@@H](CO)C1. The van der Waals surface area contributed by atoms with E-state index in [0.29, 0.717) is 12.5 Å². The number of aliphatic hydroxyl groups is 1. The Kier molecular flexibility index (Phi) is 3.38. The second-order valence-corrected chi connectivity index (χ2v) is 4.14. The summed E-state index contributed by atoms with van der Waals surface area (Å²) in [6.45, 7) is 4.97. The van der Waals surface area contributed by atoms with Crippen molar-refractivity contribution in [3.05, 3.63) is 0 Å². The largest absolute Gasteiger partial charge is 0.396 e. The lowest BCUT2D eigenvalue weighted by molar-refractivity contribution is 0.130. The molecule has 0 bridgehead atoms. The standard InChI is InChI=1S/C10H20O/c1-3-9-4-8(2)5-10(6-9)7-11/h8-11H,3-7H2,1-2H3/t8-,9-,10-/m1/s1. The molecule has 0 heterocycles. The van der Waals surface area contributed by atoms with Gasteiger partial charge in [0.15, 0.2) is 0 Å². The summed E-state index contributed by atoms with van der Waals surface area (Å²) in [5.74, 6) is 2.32. The molecule has 0 aromatic carbocycles. The van der Waals surface area contributed by atoms with Crippen molar-refractivity contribution in [1.29, 1.82) is 0 Å². The Morgan fingerprint density at radius 2 is 1.82 bits per heavy atom. The summed E-state index contributed by atoms with van der Waals surface area (Å²) in [7, 11) is 0. The minimum Gasteiger partial charge on any atom is -0.396 e. The number of hydrogen-bond acceptors (Lipinski definition) is 1. The van der Waals surface area contributed by atoms with Gasteiger partial charge >= 0.3 is 0 Å². The average molecular weight is 156 g/mol. The number of hydrogen-bond donors (Lipinski definition) is 1. The van der Waals surface area contributed by atoms with Crippen molar-refractivity contribution in [2.75, 3.05) is 6.61 Å². The zero-order valence-corrected chi connectivity index (χ0v) is 7.71. The topological polar surface area (TPSA) is 20.2 Å². The van der Waals surface area contributed by atoms with E-state index in [4.69, 9.17) is 5.11 Å². The number of aliphatic hydroxyl groups excluding tert-OH is 1. The Labute approximate surface area is 69.8 Å². The first-order chi connectivity index (χ1) is 5.26. The second-order valence-electron chi connectivity index (χ2n) is 4.14. The minimum absolute atomic E-state index is 0.404. The van der Waals surface area contributed by atoms with Gasteiger partial charge in [0, 0.05) is 6.61 Å². The van der Waals surface area contributed by atoms with Crippen LogP contribution in [0.4, 0.5) is 0 Å². The van der Waals surface area contributed by atoms with E-state index < -0.39 is 0 Å². The van der Waals surface area contributed by atoms with Crippen LogP contribution < -0.4 is 0 Å². The molecule has 1 nitrogen and oxygen atoms in total. The third kappa shape index (κ3) is 2.48. The van der Waals surface area contributed by atoms with Gasteiger partial charge in [-0.1, -0.05) is 20.3 Å². The molecule has 0 amide bonds. The molecule has 1 saturated carbocycles. The second kappa shape index (κ2) is 4.10. The monoisotopic (exact) mass is 156 g/mol. The molecule has 0 unspecified atom stereocenters. The maximum atomic E-state index is 9.02. The lowest BCUT2D eigenvalue weighted by atomic mass is 9.75. The molecule has 11 heavy (non-hydrogen) atoms. The van der Waals surface area contributed by atoms with Crippen molar-refractivity contribution in [3.63, 3.8) is 0 Å². The van der Waals surface area contributed by atoms with E-state index in [1.807, 2.05) is 0 Å². The van der Waals surface area contributed by atoms with Gasteiger partial charge in [-0.25, -0.2) is 0 Å². The van der Waals surface area contributed by atoms with Crippen LogP contribution in [0.3, 0.4) is 0 Å². The molecule has 0 saturated heterocycles. The quantitative estimate of drug-likeness (QED) is 0.651. The van der Waals surface area contributed by atoms with Crippen molar-refractivity contribution in [3.8, 4) is 0 Å². The molecule has 1 heteroatoms. The highest BCUT2D eigenvalue weighted by Gasteiger charge is 2.24. The Morgan fingerprint density at radius 3 is 2.36 bits per heavy atom. The first-order valence-electron chi connectivity index (χ1n) is 4.87. The van der Waals surface area contributed by atoms with E-state index in [1.165, 1.54) is 25.7 Å². The van der Waals surface area contributed by atoms with Crippen LogP contribution in [0.1, 0.15) is 39.5 Å². The molecule has 3 atom stereocenters. The lowest BCUT2D eigenvalue weighted by Crippen LogP contribution is -2.23. The first-order valence-corrected chi connectivity index (χ1v) is 4.87. The fourth-order valence-electron chi connectivity index (χ4n) is 2.38. The molecule has 66 valence electrons. The highest BCUT2D eigenvalue weighted by molar-refractivity contribution is 4.75. The summed E-state index contributed by atoms with van der Waals surface area (Å²) in [5.41, 5.74) is 0. The van der Waals surface area contributed by atoms with Gasteiger partial charge in [-0.05, 0) is 37.0 Å². The molecule has 0 spiro atoms. The smallest absolute Gasteiger partial charge is 0.0459 e. The third-order valence-corrected chi connectivity index (χ3v) is 2.97.